The van der Waals surface area contributed by atoms with Crippen molar-refractivity contribution < 1.29 is 4.74 Å². The number of nitriles is 1. The van der Waals surface area contributed by atoms with Crippen LogP contribution in [0.1, 0.15) is 11.1 Å². The van der Waals surface area contributed by atoms with Crippen LogP contribution in [-0.2, 0) is 0 Å². The summed E-state index contributed by atoms with van der Waals surface area (Å²) in [5.74, 6) is 6.39. The Morgan fingerprint density at radius 1 is 1.38 bits per heavy atom. The van der Waals surface area contributed by atoms with E-state index in [1.807, 2.05) is 13.0 Å². The van der Waals surface area contributed by atoms with Gasteiger partial charge in [0.2, 0.25) is 11.8 Å². The molecule has 0 saturated carbocycles. The Balaban J connectivity index is 2.09. The zero-order chi connectivity index (χ0) is 14.8. The molecular formula is C13H11N7O. The van der Waals surface area contributed by atoms with Crippen molar-refractivity contribution in [3.05, 3.63) is 35.5 Å². The lowest BCUT2D eigenvalue weighted by atomic mass is 10.1. The summed E-state index contributed by atoms with van der Waals surface area (Å²) in [5.41, 5.74) is 4.26. The fourth-order valence-electron chi connectivity index (χ4n) is 1.83. The molecule has 3 aromatic rings. The molecule has 104 valence electrons. The van der Waals surface area contributed by atoms with Gasteiger partial charge >= 0.3 is 0 Å². The van der Waals surface area contributed by atoms with Gasteiger partial charge in [-0.2, -0.15) is 20.3 Å². The Kier molecular flexibility index (Phi) is 3.10. The predicted octanol–water partition coefficient (Wildman–Crippen LogP) is 1.61. The van der Waals surface area contributed by atoms with Gasteiger partial charge in [-0.3, -0.25) is 10.5 Å². The van der Waals surface area contributed by atoms with Gasteiger partial charge in [0.1, 0.15) is 11.1 Å². The monoisotopic (exact) mass is 281 g/mol. The van der Waals surface area contributed by atoms with E-state index in [4.69, 9.17) is 15.8 Å². The third kappa shape index (κ3) is 2.33. The highest BCUT2D eigenvalue weighted by Gasteiger charge is 2.12. The van der Waals surface area contributed by atoms with Gasteiger partial charge in [-0.15, -0.1) is 0 Å². The number of hydrogen-bond donors (Lipinski definition) is 3. The second-order valence-electron chi connectivity index (χ2n) is 4.32. The molecule has 21 heavy (non-hydrogen) atoms. The van der Waals surface area contributed by atoms with Crippen LogP contribution in [0.15, 0.2) is 24.4 Å². The topological polar surface area (TPSA) is 126 Å². The van der Waals surface area contributed by atoms with E-state index in [1.54, 1.807) is 18.3 Å². The predicted molar refractivity (Wildman–Crippen MR) is 75.5 cm³/mol. The first kappa shape index (κ1) is 12.8. The minimum absolute atomic E-state index is 0.204. The largest absolute Gasteiger partial charge is 0.438 e. The molecule has 3 rings (SSSR count). The molecule has 8 nitrogen and oxygen atoms in total. The van der Waals surface area contributed by atoms with Crippen LogP contribution >= 0.6 is 0 Å². The van der Waals surface area contributed by atoms with Crippen molar-refractivity contribution in [1.29, 1.82) is 5.26 Å². The average molecular weight is 281 g/mol. The number of anilines is 1. The third-order valence-electron chi connectivity index (χ3n) is 2.93. The molecular weight excluding hydrogens is 270 g/mol. The highest BCUT2D eigenvalue weighted by molar-refractivity contribution is 5.80. The number of nitrogen functional groups attached to an aromatic ring is 1. The standard InChI is InChI=1S/C13H11N7O/c1-7-2-3-8(5-14)4-10(7)21-12-9-6-16-20-11(9)17-13(18-12)19-15/h2-4,6H,15H2,1H3,(H2,16,17,18,19,20). The molecule has 2 aromatic heterocycles. The number of fused-ring (bicyclic) bond motifs is 1. The Hall–Kier alpha value is -3.18. The highest BCUT2D eigenvalue weighted by Crippen LogP contribution is 2.29. The summed E-state index contributed by atoms with van der Waals surface area (Å²) in [4.78, 5) is 8.29. The lowest BCUT2D eigenvalue weighted by Crippen LogP contribution is -2.11. The minimum atomic E-state index is 0.204. The van der Waals surface area contributed by atoms with Crippen molar-refractivity contribution >= 4 is 17.0 Å². The van der Waals surface area contributed by atoms with Crippen molar-refractivity contribution in [2.45, 2.75) is 6.92 Å². The second kappa shape index (κ2) is 5.07. The number of nitrogens with two attached hydrogens (primary N) is 1. The molecule has 0 saturated heterocycles. The number of aromatic nitrogens is 4. The maximum absolute atomic E-state index is 8.97. The molecule has 1 aromatic carbocycles. The van der Waals surface area contributed by atoms with E-state index in [-0.39, 0.29) is 5.95 Å². The van der Waals surface area contributed by atoms with E-state index >= 15 is 0 Å². The van der Waals surface area contributed by atoms with Crippen molar-refractivity contribution in [2.24, 2.45) is 5.84 Å². The zero-order valence-electron chi connectivity index (χ0n) is 11.1. The van der Waals surface area contributed by atoms with E-state index < -0.39 is 0 Å². The fraction of sp³-hybridized carbons (Fsp3) is 0.0769. The summed E-state index contributed by atoms with van der Waals surface area (Å²) in [7, 11) is 0. The maximum atomic E-state index is 8.97. The number of hydrazine groups is 1. The Morgan fingerprint density at radius 3 is 3.00 bits per heavy atom. The van der Waals surface area contributed by atoms with Gasteiger partial charge in [0, 0.05) is 0 Å². The van der Waals surface area contributed by atoms with Gasteiger partial charge < -0.3 is 4.74 Å². The van der Waals surface area contributed by atoms with Gasteiger partial charge in [0.15, 0.2) is 5.65 Å². The summed E-state index contributed by atoms with van der Waals surface area (Å²) in [6.45, 7) is 1.88. The van der Waals surface area contributed by atoms with E-state index in [0.29, 0.717) is 28.2 Å². The molecule has 0 aliphatic heterocycles. The fourth-order valence-corrected chi connectivity index (χ4v) is 1.83. The van der Waals surface area contributed by atoms with Crippen LogP contribution in [0.25, 0.3) is 11.0 Å². The second-order valence-corrected chi connectivity index (χ2v) is 4.32. The maximum Gasteiger partial charge on any atom is 0.242 e. The molecule has 0 aliphatic rings. The molecule has 0 bridgehead atoms. The molecule has 4 N–H and O–H groups in total. The van der Waals surface area contributed by atoms with E-state index in [1.165, 1.54) is 0 Å². The summed E-state index contributed by atoms with van der Waals surface area (Å²) in [5, 5.41) is 16.2. The summed E-state index contributed by atoms with van der Waals surface area (Å²) < 4.78 is 5.81. The number of hydrogen-bond acceptors (Lipinski definition) is 7. The first-order chi connectivity index (χ1) is 10.2. The van der Waals surface area contributed by atoms with Crippen molar-refractivity contribution in [3.8, 4) is 17.7 Å². The van der Waals surface area contributed by atoms with Crippen LogP contribution in [0, 0.1) is 18.3 Å². The molecule has 0 atom stereocenters. The summed E-state index contributed by atoms with van der Waals surface area (Å²) in [6.07, 6.45) is 1.56. The van der Waals surface area contributed by atoms with Gasteiger partial charge in [-0.05, 0) is 24.6 Å². The number of aromatic amines is 1. The number of aryl methyl sites for hydroxylation is 1. The SMILES string of the molecule is Cc1ccc(C#N)cc1Oc1nc(NN)nc2[nH]ncc12. The van der Waals surface area contributed by atoms with Gasteiger partial charge in [-0.1, -0.05) is 6.07 Å². The van der Waals surface area contributed by atoms with Crippen LogP contribution in [0.2, 0.25) is 0 Å². The Labute approximate surface area is 119 Å². The van der Waals surface area contributed by atoms with E-state index in [9.17, 15) is 0 Å². The Morgan fingerprint density at radius 2 is 2.24 bits per heavy atom. The molecule has 0 fully saturated rings. The lowest BCUT2D eigenvalue weighted by molar-refractivity contribution is 0.465. The number of benzene rings is 1. The molecule has 2 heterocycles. The van der Waals surface area contributed by atoms with Gasteiger partial charge in [-0.25, -0.2) is 5.84 Å². The molecule has 0 radical (unpaired) electrons. The third-order valence-corrected chi connectivity index (χ3v) is 2.93. The van der Waals surface area contributed by atoms with Crippen LogP contribution in [-0.4, -0.2) is 20.2 Å². The molecule has 0 spiro atoms. The molecule has 0 aliphatic carbocycles. The quantitative estimate of drug-likeness (QED) is 0.491. The minimum Gasteiger partial charge on any atom is -0.438 e. The number of rotatable bonds is 3. The van der Waals surface area contributed by atoms with Crippen LogP contribution in [0.4, 0.5) is 5.95 Å². The Bertz CT molecular complexity index is 849. The van der Waals surface area contributed by atoms with Crippen LogP contribution in [0.5, 0.6) is 11.6 Å². The number of ether oxygens (including phenoxy) is 1. The highest BCUT2D eigenvalue weighted by atomic mass is 16.5. The summed E-state index contributed by atoms with van der Waals surface area (Å²) >= 11 is 0. The zero-order valence-corrected chi connectivity index (χ0v) is 11.1. The van der Waals surface area contributed by atoms with Gasteiger partial charge in [0.05, 0.1) is 17.8 Å². The van der Waals surface area contributed by atoms with Crippen LogP contribution < -0.4 is 16.0 Å². The summed E-state index contributed by atoms with van der Waals surface area (Å²) in [6, 6.07) is 7.26. The number of nitrogens with one attached hydrogen (secondary N) is 2. The molecule has 0 unspecified atom stereocenters. The van der Waals surface area contributed by atoms with Crippen LogP contribution in [0.3, 0.4) is 0 Å². The molecule has 0 amide bonds. The van der Waals surface area contributed by atoms with Gasteiger partial charge in [0.25, 0.3) is 0 Å². The number of nitrogens with zero attached hydrogens (tertiary/aromatic N) is 4. The van der Waals surface area contributed by atoms with Crippen molar-refractivity contribution in [1.82, 2.24) is 20.2 Å². The van der Waals surface area contributed by atoms with E-state index in [2.05, 4.69) is 31.7 Å². The number of H-pyrrole nitrogens is 1. The first-order valence-electron chi connectivity index (χ1n) is 6.07. The lowest BCUT2D eigenvalue weighted by Gasteiger charge is -2.09. The molecule has 8 heteroatoms. The normalized spacial score (nSPS) is 10.3. The van der Waals surface area contributed by atoms with E-state index in [0.717, 1.165) is 5.56 Å². The first-order valence-corrected chi connectivity index (χ1v) is 6.07. The smallest absolute Gasteiger partial charge is 0.242 e. The average Bonchev–Trinajstić information content (AvgIpc) is 2.98. The van der Waals surface area contributed by atoms with Crippen molar-refractivity contribution in [3.63, 3.8) is 0 Å². The van der Waals surface area contributed by atoms with Crippen molar-refractivity contribution in [2.75, 3.05) is 5.43 Å².